The molecule has 0 heterocycles. The molecule has 0 fully saturated rings. The number of nitrogens with zero attached hydrogens (tertiary/aromatic N) is 1. The maximum Gasteiger partial charge on any atom is 0.410 e. The molecular formula is C18H27N3O4. The fraction of sp³-hybridized carbons (Fsp3) is 0.556. The standard InChI is InChI=1S/C18H27N3O4/c1-18(2,3)25-17(24)21(4)10-9-19-16(23)20-15-13-8-6-5-7-12(13)11-14(15)22/h5-8,14-15,22H,9-11H2,1-4H3,(H2,19,20,23)/t14-,15+/m0/s1. The minimum absolute atomic E-state index is 0.284. The normalized spacial score (nSPS) is 19.1. The minimum Gasteiger partial charge on any atom is -0.444 e. The summed E-state index contributed by atoms with van der Waals surface area (Å²) in [7, 11) is 1.62. The number of hydrogen-bond acceptors (Lipinski definition) is 4. The van der Waals surface area contributed by atoms with Crippen LogP contribution in [0.5, 0.6) is 0 Å². The number of hydrogen-bond donors (Lipinski definition) is 3. The molecule has 1 aliphatic rings. The number of urea groups is 1. The van der Waals surface area contributed by atoms with Gasteiger partial charge in [0.2, 0.25) is 0 Å². The Morgan fingerprint density at radius 2 is 2.00 bits per heavy atom. The molecule has 3 N–H and O–H groups in total. The smallest absolute Gasteiger partial charge is 0.410 e. The van der Waals surface area contributed by atoms with Gasteiger partial charge in [0.25, 0.3) is 0 Å². The van der Waals surface area contributed by atoms with Crippen LogP contribution in [0.2, 0.25) is 0 Å². The lowest BCUT2D eigenvalue weighted by Gasteiger charge is -2.25. The number of carbonyl (C=O) groups is 2. The number of amides is 3. The van der Waals surface area contributed by atoms with Crippen molar-refractivity contribution in [3.63, 3.8) is 0 Å². The average molecular weight is 349 g/mol. The first kappa shape index (κ1) is 19.1. The van der Waals surface area contributed by atoms with Gasteiger partial charge in [-0.1, -0.05) is 24.3 Å². The number of benzene rings is 1. The number of fused-ring (bicyclic) bond motifs is 1. The van der Waals surface area contributed by atoms with Crippen LogP contribution in [0, 0.1) is 0 Å². The quantitative estimate of drug-likeness (QED) is 0.773. The molecule has 7 heteroatoms. The number of rotatable bonds is 4. The molecule has 0 unspecified atom stereocenters. The van der Waals surface area contributed by atoms with E-state index >= 15 is 0 Å². The van der Waals surface area contributed by atoms with Crippen molar-refractivity contribution in [2.45, 2.75) is 44.9 Å². The Hall–Kier alpha value is -2.28. The predicted octanol–water partition coefficient (Wildman–Crippen LogP) is 1.81. The van der Waals surface area contributed by atoms with Crippen molar-refractivity contribution in [1.82, 2.24) is 15.5 Å². The average Bonchev–Trinajstić information content (AvgIpc) is 2.81. The van der Waals surface area contributed by atoms with Crippen molar-refractivity contribution in [2.75, 3.05) is 20.1 Å². The zero-order chi connectivity index (χ0) is 18.6. The summed E-state index contributed by atoms with van der Waals surface area (Å²) in [6.07, 6.45) is -0.537. The number of carbonyl (C=O) groups excluding carboxylic acids is 2. The van der Waals surface area contributed by atoms with E-state index in [1.807, 2.05) is 24.3 Å². The molecule has 2 atom stereocenters. The van der Waals surface area contributed by atoms with Gasteiger partial charge in [-0.15, -0.1) is 0 Å². The SMILES string of the molecule is CN(CCNC(=O)N[C@@H]1c2ccccc2C[C@@H]1O)C(=O)OC(C)(C)C. The van der Waals surface area contributed by atoms with Gasteiger partial charge in [-0.05, 0) is 31.9 Å². The topological polar surface area (TPSA) is 90.9 Å². The zero-order valence-corrected chi connectivity index (χ0v) is 15.2. The highest BCUT2D eigenvalue weighted by Gasteiger charge is 2.31. The van der Waals surface area contributed by atoms with E-state index in [0.717, 1.165) is 11.1 Å². The first-order chi connectivity index (χ1) is 11.7. The molecule has 0 bridgehead atoms. The Kier molecular flexibility index (Phi) is 5.89. The van der Waals surface area contributed by atoms with E-state index in [1.54, 1.807) is 27.8 Å². The van der Waals surface area contributed by atoms with Crippen LogP contribution in [0.15, 0.2) is 24.3 Å². The number of ether oxygens (including phenoxy) is 1. The summed E-state index contributed by atoms with van der Waals surface area (Å²) >= 11 is 0. The lowest BCUT2D eigenvalue weighted by molar-refractivity contribution is 0.0301. The third-order valence-corrected chi connectivity index (χ3v) is 3.93. The molecule has 0 radical (unpaired) electrons. The molecule has 0 spiro atoms. The van der Waals surface area contributed by atoms with Gasteiger partial charge < -0.3 is 25.4 Å². The van der Waals surface area contributed by atoms with E-state index in [1.165, 1.54) is 4.90 Å². The highest BCUT2D eigenvalue weighted by molar-refractivity contribution is 5.75. The van der Waals surface area contributed by atoms with Gasteiger partial charge in [0.1, 0.15) is 5.60 Å². The van der Waals surface area contributed by atoms with Crippen LogP contribution >= 0.6 is 0 Å². The fourth-order valence-corrected chi connectivity index (χ4v) is 2.71. The second-order valence-electron chi connectivity index (χ2n) is 7.25. The molecule has 25 heavy (non-hydrogen) atoms. The monoisotopic (exact) mass is 349 g/mol. The van der Waals surface area contributed by atoms with E-state index in [9.17, 15) is 14.7 Å². The maximum absolute atomic E-state index is 12.1. The van der Waals surface area contributed by atoms with Gasteiger partial charge in [0, 0.05) is 26.6 Å². The molecule has 2 rings (SSSR count). The van der Waals surface area contributed by atoms with Crippen LogP contribution in [0.25, 0.3) is 0 Å². The Bertz CT molecular complexity index is 627. The van der Waals surface area contributed by atoms with Gasteiger partial charge in [-0.2, -0.15) is 0 Å². The third-order valence-electron chi connectivity index (χ3n) is 3.93. The number of nitrogens with one attached hydrogen (secondary N) is 2. The highest BCUT2D eigenvalue weighted by atomic mass is 16.6. The Morgan fingerprint density at radius 1 is 1.32 bits per heavy atom. The van der Waals surface area contributed by atoms with Gasteiger partial charge in [0.05, 0.1) is 12.1 Å². The van der Waals surface area contributed by atoms with Gasteiger partial charge in [0.15, 0.2) is 0 Å². The highest BCUT2D eigenvalue weighted by Crippen LogP contribution is 2.30. The fourth-order valence-electron chi connectivity index (χ4n) is 2.71. The molecule has 0 aliphatic heterocycles. The lowest BCUT2D eigenvalue weighted by atomic mass is 10.1. The molecule has 7 nitrogen and oxygen atoms in total. The van der Waals surface area contributed by atoms with Gasteiger partial charge in [-0.3, -0.25) is 0 Å². The van der Waals surface area contributed by atoms with Crippen molar-refractivity contribution < 1.29 is 19.4 Å². The van der Waals surface area contributed by atoms with Crippen LogP contribution in [-0.4, -0.2) is 54.0 Å². The number of aliphatic hydroxyl groups is 1. The first-order valence-electron chi connectivity index (χ1n) is 8.42. The van der Waals surface area contributed by atoms with Gasteiger partial charge in [-0.25, -0.2) is 9.59 Å². The zero-order valence-electron chi connectivity index (χ0n) is 15.2. The number of likely N-dealkylation sites (N-methyl/N-ethyl adjacent to an activating group) is 1. The molecule has 1 aliphatic carbocycles. The summed E-state index contributed by atoms with van der Waals surface area (Å²) in [5, 5.41) is 15.6. The molecule has 0 aromatic heterocycles. The Morgan fingerprint density at radius 3 is 2.68 bits per heavy atom. The van der Waals surface area contributed by atoms with E-state index in [-0.39, 0.29) is 12.6 Å². The van der Waals surface area contributed by atoms with Crippen LogP contribution in [-0.2, 0) is 11.2 Å². The van der Waals surface area contributed by atoms with E-state index < -0.39 is 23.8 Å². The van der Waals surface area contributed by atoms with Crippen LogP contribution < -0.4 is 10.6 Å². The summed E-state index contributed by atoms with van der Waals surface area (Å²) in [5.41, 5.74) is 1.43. The molecule has 1 aromatic carbocycles. The molecule has 138 valence electrons. The summed E-state index contributed by atoms with van der Waals surface area (Å²) in [4.78, 5) is 25.3. The Balaban J connectivity index is 1.77. The lowest BCUT2D eigenvalue weighted by Crippen LogP contribution is -2.44. The maximum atomic E-state index is 12.1. The predicted molar refractivity (Wildman–Crippen MR) is 94.3 cm³/mol. The van der Waals surface area contributed by atoms with Crippen molar-refractivity contribution in [3.05, 3.63) is 35.4 Å². The van der Waals surface area contributed by atoms with E-state index in [0.29, 0.717) is 13.0 Å². The summed E-state index contributed by atoms with van der Waals surface area (Å²) in [6.45, 7) is 6.01. The van der Waals surface area contributed by atoms with Crippen LogP contribution in [0.4, 0.5) is 9.59 Å². The van der Waals surface area contributed by atoms with Crippen molar-refractivity contribution in [1.29, 1.82) is 0 Å². The largest absolute Gasteiger partial charge is 0.444 e. The first-order valence-corrected chi connectivity index (χ1v) is 8.42. The molecule has 3 amide bonds. The second-order valence-corrected chi connectivity index (χ2v) is 7.25. The van der Waals surface area contributed by atoms with Gasteiger partial charge >= 0.3 is 12.1 Å². The summed E-state index contributed by atoms with van der Waals surface area (Å²) in [6, 6.07) is 6.87. The third kappa shape index (κ3) is 5.35. The molecule has 0 saturated carbocycles. The summed E-state index contributed by atoms with van der Waals surface area (Å²) in [5.74, 6) is 0. The van der Waals surface area contributed by atoms with Crippen molar-refractivity contribution in [3.8, 4) is 0 Å². The van der Waals surface area contributed by atoms with E-state index in [4.69, 9.17) is 4.74 Å². The minimum atomic E-state index is -0.632. The summed E-state index contributed by atoms with van der Waals surface area (Å²) < 4.78 is 5.24. The Labute approximate surface area is 148 Å². The van der Waals surface area contributed by atoms with Crippen molar-refractivity contribution in [2.24, 2.45) is 0 Å². The van der Waals surface area contributed by atoms with E-state index in [2.05, 4.69) is 10.6 Å². The van der Waals surface area contributed by atoms with Crippen LogP contribution in [0.3, 0.4) is 0 Å². The molecule has 1 aromatic rings. The second kappa shape index (κ2) is 7.74. The molecule has 0 saturated heterocycles. The van der Waals surface area contributed by atoms with Crippen LogP contribution in [0.1, 0.15) is 37.9 Å². The number of aliphatic hydroxyl groups excluding tert-OH is 1. The van der Waals surface area contributed by atoms with Crippen molar-refractivity contribution >= 4 is 12.1 Å². The molecular weight excluding hydrogens is 322 g/mol.